The van der Waals surface area contributed by atoms with Gasteiger partial charge in [-0.1, -0.05) is 39.0 Å². The molecule has 4 heteroatoms. The molecule has 0 aromatic heterocycles. The molecule has 0 radical (unpaired) electrons. The molecular weight excluding hydrogens is 254 g/mol. The van der Waals surface area contributed by atoms with Crippen LogP contribution in [0.1, 0.15) is 51.2 Å². The van der Waals surface area contributed by atoms with E-state index in [-0.39, 0.29) is 6.61 Å². The van der Waals surface area contributed by atoms with Gasteiger partial charge in [-0.15, -0.1) is 0 Å². The third kappa shape index (κ3) is 3.83. The number of benzene rings is 1. The minimum Gasteiger partial charge on any atom is -0.459 e. The second-order valence-electron chi connectivity index (χ2n) is 4.72. The molecule has 1 aromatic carbocycles. The van der Waals surface area contributed by atoms with Crippen molar-refractivity contribution in [3.8, 4) is 0 Å². The van der Waals surface area contributed by atoms with Crippen LogP contribution < -0.4 is 5.32 Å². The van der Waals surface area contributed by atoms with E-state index < -0.39 is 11.9 Å². The van der Waals surface area contributed by atoms with Gasteiger partial charge in [-0.25, -0.2) is 4.79 Å². The topological polar surface area (TPSA) is 55.4 Å². The first-order chi connectivity index (χ1) is 9.54. The third-order valence-electron chi connectivity index (χ3n) is 3.41. The lowest BCUT2D eigenvalue weighted by Crippen LogP contribution is -2.26. The van der Waals surface area contributed by atoms with E-state index in [1.807, 2.05) is 25.1 Å². The van der Waals surface area contributed by atoms with E-state index in [4.69, 9.17) is 4.74 Å². The summed E-state index contributed by atoms with van der Waals surface area (Å²) in [5.74, 6) is -1.23. The summed E-state index contributed by atoms with van der Waals surface area (Å²) in [5, 5.41) is 2.72. The van der Waals surface area contributed by atoms with Crippen molar-refractivity contribution in [3.63, 3.8) is 0 Å². The van der Waals surface area contributed by atoms with Gasteiger partial charge in [0.15, 0.2) is 0 Å². The number of anilines is 1. The summed E-state index contributed by atoms with van der Waals surface area (Å²) < 4.78 is 4.73. The average Bonchev–Trinajstić information content (AvgIpc) is 2.46. The van der Waals surface area contributed by atoms with Crippen molar-refractivity contribution in [2.75, 3.05) is 11.9 Å². The number of aryl methyl sites for hydroxylation is 1. The number of ether oxygens (including phenoxy) is 1. The molecule has 0 fully saturated rings. The van der Waals surface area contributed by atoms with Crippen molar-refractivity contribution in [1.82, 2.24) is 0 Å². The van der Waals surface area contributed by atoms with Crippen LogP contribution in [0, 0.1) is 0 Å². The molecule has 0 unspecified atom stereocenters. The maximum atomic E-state index is 11.8. The van der Waals surface area contributed by atoms with Crippen molar-refractivity contribution in [1.29, 1.82) is 0 Å². The Kier molecular flexibility index (Phi) is 6.22. The Morgan fingerprint density at radius 3 is 2.50 bits per heavy atom. The van der Waals surface area contributed by atoms with E-state index in [9.17, 15) is 9.59 Å². The van der Waals surface area contributed by atoms with Crippen molar-refractivity contribution >= 4 is 17.6 Å². The molecule has 1 rings (SSSR count). The SMILES string of the molecule is CCOC(=O)C(=O)Nc1c(CC)cccc1[C@H](C)CC. The number of esters is 1. The summed E-state index contributed by atoms with van der Waals surface area (Å²) in [5.41, 5.74) is 2.84. The molecule has 1 N–H and O–H groups in total. The van der Waals surface area contributed by atoms with Gasteiger partial charge in [0.25, 0.3) is 0 Å². The lowest BCUT2D eigenvalue weighted by Gasteiger charge is -2.18. The van der Waals surface area contributed by atoms with Crippen molar-refractivity contribution in [2.24, 2.45) is 0 Å². The summed E-state index contributed by atoms with van der Waals surface area (Å²) in [6, 6.07) is 5.95. The molecule has 1 atom stereocenters. The van der Waals surface area contributed by atoms with E-state index in [1.165, 1.54) is 0 Å². The Morgan fingerprint density at radius 1 is 1.25 bits per heavy atom. The zero-order valence-electron chi connectivity index (χ0n) is 12.7. The number of carbonyl (C=O) groups is 2. The second-order valence-corrected chi connectivity index (χ2v) is 4.72. The van der Waals surface area contributed by atoms with Crippen LogP contribution in [-0.4, -0.2) is 18.5 Å². The van der Waals surface area contributed by atoms with Crippen LogP contribution in [0.25, 0.3) is 0 Å². The number of hydrogen-bond donors (Lipinski definition) is 1. The zero-order chi connectivity index (χ0) is 15.1. The van der Waals surface area contributed by atoms with E-state index in [0.29, 0.717) is 5.92 Å². The number of para-hydroxylation sites is 1. The zero-order valence-corrected chi connectivity index (χ0v) is 12.7. The molecule has 0 saturated carbocycles. The molecule has 0 heterocycles. The highest BCUT2D eigenvalue weighted by molar-refractivity contribution is 6.37. The Morgan fingerprint density at radius 2 is 1.95 bits per heavy atom. The lowest BCUT2D eigenvalue weighted by atomic mass is 9.93. The summed E-state index contributed by atoms with van der Waals surface area (Å²) in [6.45, 7) is 8.10. The van der Waals surface area contributed by atoms with E-state index in [0.717, 1.165) is 29.7 Å². The quantitative estimate of drug-likeness (QED) is 0.664. The van der Waals surface area contributed by atoms with Gasteiger partial charge in [0.2, 0.25) is 0 Å². The molecule has 1 amide bonds. The Balaban J connectivity index is 3.08. The minimum absolute atomic E-state index is 0.194. The molecule has 20 heavy (non-hydrogen) atoms. The van der Waals surface area contributed by atoms with Crippen molar-refractivity contribution in [2.45, 2.75) is 46.5 Å². The lowest BCUT2D eigenvalue weighted by molar-refractivity contribution is -0.152. The summed E-state index contributed by atoms with van der Waals surface area (Å²) in [4.78, 5) is 23.3. The maximum Gasteiger partial charge on any atom is 0.397 e. The van der Waals surface area contributed by atoms with Gasteiger partial charge >= 0.3 is 11.9 Å². The van der Waals surface area contributed by atoms with Crippen LogP contribution in [0.15, 0.2) is 18.2 Å². The number of rotatable bonds is 5. The summed E-state index contributed by atoms with van der Waals surface area (Å²) >= 11 is 0. The van der Waals surface area contributed by atoms with Gasteiger partial charge in [0.05, 0.1) is 6.61 Å². The molecule has 0 spiro atoms. The van der Waals surface area contributed by atoms with Gasteiger partial charge < -0.3 is 10.1 Å². The van der Waals surface area contributed by atoms with Crippen LogP contribution in [0.5, 0.6) is 0 Å². The van der Waals surface area contributed by atoms with Crippen molar-refractivity contribution < 1.29 is 14.3 Å². The average molecular weight is 277 g/mol. The Bertz CT molecular complexity index is 483. The molecule has 110 valence electrons. The van der Waals surface area contributed by atoms with Crippen LogP contribution in [0.2, 0.25) is 0 Å². The molecule has 0 aliphatic carbocycles. The van der Waals surface area contributed by atoms with Crippen LogP contribution >= 0.6 is 0 Å². The Labute approximate surface area is 120 Å². The molecular formula is C16H23NO3. The number of nitrogens with one attached hydrogen (secondary N) is 1. The van der Waals surface area contributed by atoms with Gasteiger partial charge in [0, 0.05) is 5.69 Å². The summed E-state index contributed by atoms with van der Waals surface area (Å²) in [6.07, 6.45) is 1.76. The first-order valence-corrected chi connectivity index (χ1v) is 7.14. The van der Waals surface area contributed by atoms with E-state index in [2.05, 4.69) is 19.2 Å². The van der Waals surface area contributed by atoms with Gasteiger partial charge in [-0.2, -0.15) is 0 Å². The molecule has 0 saturated heterocycles. The summed E-state index contributed by atoms with van der Waals surface area (Å²) in [7, 11) is 0. The van der Waals surface area contributed by atoms with Crippen LogP contribution in [0.4, 0.5) is 5.69 Å². The van der Waals surface area contributed by atoms with Gasteiger partial charge in [0.1, 0.15) is 0 Å². The van der Waals surface area contributed by atoms with Crippen LogP contribution in [-0.2, 0) is 20.7 Å². The fourth-order valence-corrected chi connectivity index (χ4v) is 2.06. The van der Waals surface area contributed by atoms with E-state index >= 15 is 0 Å². The van der Waals surface area contributed by atoms with Gasteiger partial charge in [-0.3, -0.25) is 4.79 Å². The third-order valence-corrected chi connectivity index (χ3v) is 3.41. The molecule has 0 bridgehead atoms. The molecule has 1 aromatic rings. The number of carbonyl (C=O) groups excluding carboxylic acids is 2. The first-order valence-electron chi connectivity index (χ1n) is 7.14. The highest BCUT2D eigenvalue weighted by atomic mass is 16.5. The monoisotopic (exact) mass is 277 g/mol. The fourth-order valence-electron chi connectivity index (χ4n) is 2.06. The highest BCUT2D eigenvalue weighted by Crippen LogP contribution is 2.30. The molecule has 0 aliphatic rings. The normalized spacial score (nSPS) is 11.8. The molecule has 0 aliphatic heterocycles. The van der Waals surface area contributed by atoms with Gasteiger partial charge in [-0.05, 0) is 36.8 Å². The predicted molar refractivity (Wildman–Crippen MR) is 79.8 cm³/mol. The molecule has 4 nitrogen and oxygen atoms in total. The largest absolute Gasteiger partial charge is 0.459 e. The first kappa shape index (κ1) is 16.2. The fraction of sp³-hybridized carbons (Fsp3) is 0.500. The second kappa shape index (κ2) is 7.68. The maximum absolute atomic E-state index is 11.8. The number of hydrogen-bond acceptors (Lipinski definition) is 3. The van der Waals surface area contributed by atoms with E-state index in [1.54, 1.807) is 6.92 Å². The van der Waals surface area contributed by atoms with Crippen LogP contribution in [0.3, 0.4) is 0 Å². The number of amides is 1. The Hall–Kier alpha value is -1.84. The van der Waals surface area contributed by atoms with Crippen molar-refractivity contribution in [3.05, 3.63) is 29.3 Å². The predicted octanol–water partition coefficient (Wildman–Crippen LogP) is 3.26. The smallest absolute Gasteiger partial charge is 0.397 e. The minimum atomic E-state index is -0.839. The standard InChI is InChI=1S/C16H23NO3/c1-5-11(4)13-10-8-9-12(6-2)14(13)17-15(18)16(19)20-7-3/h8-11H,5-7H2,1-4H3,(H,17,18)/t11-/m1/s1. The highest BCUT2D eigenvalue weighted by Gasteiger charge is 2.19.